The Morgan fingerprint density at radius 2 is 2.18 bits per heavy atom. The molecule has 2 heterocycles. The third-order valence-corrected chi connectivity index (χ3v) is 4.96. The van der Waals surface area contributed by atoms with Gasteiger partial charge in [0.1, 0.15) is 18.8 Å². The van der Waals surface area contributed by atoms with Gasteiger partial charge in [-0.25, -0.2) is 9.67 Å². The summed E-state index contributed by atoms with van der Waals surface area (Å²) in [7, 11) is 0. The van der Waals surface area contributed by atoms with E-state index in [-0.39, 0.29) is 23.5 Å². The van der Waals surface area contributed by atoms with Crippen molar-refractivity contribution in [3.8, 4) is 0 Å². The van der Waals surface area contributed by atoms with Crippen molar-refractivity contribution in [3.63, 3.8) is 0 Å². The molecule has 2 aromatic rings. The summed E-state index contributed by atoms with van der Waals surface area (Å²) in [6.07, 6.45) is 3.61. The molecular formula is C15H20BrN3O2S. The summed E-state index contributed by atoms with van der Waals surface area (Å²) in [5, 5.41) is 4.27. The topological polar surface area (TPSA) is 57.0 Å². The number of rotatable bonds is 5. The maximum atomic E-state index is 11.6. The number of halogens is 1. The molecule has 0 saturated carbocycles. The van der Waals surface area contributed by atoms with Crippen molar-refractivity contribution >= 4 is 33.2 Å². The van der Waals surface area contributed by atoms with Gasteiger partial charge in [0.2, 0.25) is 0 Å². The highest BCUT2D eigenvalue weighted by Crippen LogP contribution is 2.35. The van der Waals surface area contributed by atoms with Crippen LogP contribution in [0.5, 0.6) is 0 Å². The van der Waals surface area contributed by atoms with Crippen LogP contribution < -0.4 is 0 Å². The minimum Gasteiger partial charge on any atom is -0.460 e. The predicted octanol–water partition coefficient (Wildman–Crippen LogP) is 3.86. The summed E-state index contributed by atoms with van der Waals surface area (Å²) >= 11 is 5.16. The van der Waals surface area contributed by atoms with Crippen LogP contribution in [0, 0.1) is 5.41 Å². The monoisotopic (exact) mass is 385 g/mol. The number of aromatic nitrogens is 3. The number of thiophene rings is 1. The molecule has 7 heteroatoms. The second-order valence-corrected chi connectivity index (χ2v) is 8.80. The van der Waals surface area contributed by atoms with Crippen molar-refractivity contribution in [2.45, 2.75) is 46.3 Å². The average Bonchev–Trinajstić information content (AvgIpc) is 3.03. The molecule has 5 nitrogen and oxygen atoms in total. The van der Waals surface area contributed by atoms with Gasteiger partial charge in [0.15, 0.2) is 0 Å². The van der Waals surface area contributed by atoms with Crippen molar-refractivity contribution in [1.29, 1.82) is 0 Å². The largest absolute Gasteiger partial charge is 0.460 e. The lowest BCUT2D eigenvalue weighted by Crippen LogP contribution is -2.40. The molecule has 0 aliphatic carbocycles. The molecule has 0 aliphatic rings. The lowest BCUT2D eigenvalue weighted by atomic mass is 9.83. The van der Waals surface area contributed by atoms with E-state index in [0.717, 1.165) is 10.2 Å². The number of ether oxygens (including phenoxy) is 1. The van der Waals surface area contributed by atoms with E-state index in [1.807, 2.05) is 6.07 Å². The normalized spacial score (nSPS) is 14.6. The highest BCUT2D eigenvalue weighted by atomic mass is 79.9. The van der Waals surface area contributed by atoms with E-state index >= 15 is 0 Å². The summed E-state index contributed by atoms with van der Waals surface area (Å²) < 4.78 is 8.51. The number of hydrogen-bond acceptors (Lipinski definition) is 5. The zero-order chi connectivity index (χ0) is 16.3. The van der Waals surface area contributed by atoms with Crippen LogP contribution in [0.4, 0.5) is 0 Å². The minimum absolute atomic E-state index is 0.100. The molecule has 120 valence electrons. The molecule has 0 bridgehead atoms. The minimum atomic E-state index is -0.299. The first-order valence-electron chi connectivity index (χ1n) is 7.03. The Morgan fingerprint density at radius 3 is 2.64 bits per heavy atom. The van der Waals surface area contributed by atoms with Crippen LogP contribution in [-0.4, -0.2) is 26.8 Å². The molecule has 0 fully saturated rings. The van der Waals surface area contributed by atoms with Gasteiger partial charge in [-0.15, -0.1) is 11.3 Å². The predicted molar refractivity (Wildman–Crippen MR) is 89.8 cm³/mol. The number of hydrogen-bond donors (Lipinski definition) is 0. The standard InChI is InChI=1S/C15H20BrN3O2S/c1-10(20)21-14(15(2,3)4)12(19-9-17-8-18-19)7-11-5-6-13(16)22-11/h5-6,8-9,12,14H,7H2,1-4H3. The third-order valence-electron chi connectivity index (χ3n) is 3.31. The maximum Gasteiger partial charge on any atom is 0.302 e. The quantitative estimate of drug-likeness (QED) is 0.733. The summed E-state index contributed by atoms with van der Waals surface area (Å²) in [5.74, 6) is -0.280. The molecule has 22 heavy (non-hydrogen) atoms. The molecule has 0 amide bonds. The van der Waals surface area contributed by atoms with E-state index < -0.39 is 0 Å². The van der Waals surface area contributed by atoms with Gasteiger partial charge in [0, 0.05) is 23.6 Å². The fourth-order valence-corrected chi connectivity index (χ4v) is 3.94. The Bertz CT molecular complexity index is 619. The van der Waals surface area contributed by atoms with Crippen LogP contribution >= 0.6 is 27.3 Å². The summed E-state index contributed by atoms with van der Waals surface area (Å²) in [5.41, 5.74) is -0.212. The van der Waals surface area contributed by atoms with Crippen LogP contribution in [0.3, 0.4) is 0 Å². The summed E-state index contributed by atoms with van der Waals surface area (Å²) in [6, 6.07) is 4.00. The summed E-state index contributed by atoms with van der Waals surface area (Å²) in [4.78, 5) is 16.8. The Labute approximate surface area is 142 Å². The molecule has 2 atom stereocenters. The molecule has 2 aromatic heterocycles. The van der Waals surface area contributed by atoms with E-state index in [1.54, 1.807) is 22.3 Å². The molecule has 0 N–H and O–H groups in total. The number of carbonyl (C=O) groups is 1. The van der Waals surface area contributed by atoms with Gasteiger partial charge < -0.3 is 4.74 Å². The Hall–Kier alpha value is -1.21. The molecule has 2 rings (SSSR count). The average molecular weight is 386 g/mol. The van der Waals surface area contributed by atoms with Crippen LogP contribution in [-0.2, 0) is 16.0 Å². The molecule has 0 aliphatic heterocycles. The number of nitrogens with zero attached hydrogens (tertiary/aromatic N) is 3. The van der Waals surface area contributed by atoms with E-state index in [4.69, 9.17) is 4.74 Å². The fraction of sp³-hybridized carbons (Fsp3) is 0.533. The Kier molecular flexibility index (Phi) is 5.39. The Morgan fingerprint density at radius 1 is 1.45 bits per heavy atom. The number of esters is 1. The zero-order valence-electron chi connectivity index (χ0n) is 13.1. The van der Waals surface area contributed by atoms with E-state index in [9.17, 15) is 4.79 Å². The van der Waals surface area contributed by atoms with E-state index in [0.29, 0.717) is 0 Å². The highest BCUT2D eigenvalue weighted by molar-refractivity contribution is 9.11. The second-order valence-electron chi connectivity index (χ2n) is 6.25. The lowest BCUT2D eigenvalue weighted by molar-refractivity contribution is -0.156. The van der Waals surface area contributed by atoms with E-state index in [1.165, 1.54) is 18.1 Å². The van der Waals surface area contributed by atoms with Gasteiger partial charge in [-0.3, -0.25) is 4.79 Å². The van der Waals surface area contributed by atoms with Crippen molar-refractivity contribution in [1.82, 2.24) is 14.8 Å². The molecule has 0 aromatic carbocycles. The van der Waals surface area contributed by atoms with Crippen LogP contribution in [0.1, 0.15) is 38.6 Å². The van der Waals surface area contributed by atoms with Crippen molar-refractivity contribution in [3.05, 3.63) is 33.5 Å². The van der Waals surface area contributed by atoms with Gasteiger partial charge in [-0.1, -0.05) is 20.8 Å². The van der Waals surface area contributed by atoms with Crippen molar-refractivity contribution < 1.29 is 9.53 Å². The van der Waals surface area contributed by atoms with Gasteiger partial charge in [0.25, 0.3) is 0 Å². The van der Waals surface area contributed by atoms with E-state index in [2.05, 4.69) is 52.9 Å². The van der Waals surface area contributed by atoms with Crippen LogP contribution in [0.15, 0.2) is 28.6 Å². The first-order valence-corrected chi connectivity index (χ1v) is 8.64. The maximum absolute atomic E-state index is 11.6. The highest BCUT2D eigenvalue weighted by Gasteiger charge is 2.37. The fourth-order valence-electron chi connectivity index (χ4n) is 2.41. The van der Waals surface area contributed by atoms with Crippen molar-refractivity contribution in [2.75, 3.05) is 0 Å². The smallest absolute Gasteiger partial charge is 0.302 e. The SMILES string of the molecule is CC(=O)OC(C(Cc1ccc(Br)s1)n1cncn1)C(C)(C)C. The zero-order valence-corrected chi connectivity index (χ0v) is 15.5. The van der Waals surface area contributed by atoms with Gasteiger partial charge in [0.05, 0.1) is 9.83 Å². The molecule has 0 radical (unpaired) electrons. The van der Waals surface area contributed by atoms with Crippen molar-refractivity contribution in [2.24, 2.45) is 5.41 Å². The third kappa shape index (κ3) is 4.39. The molecular weight excluding hydrogens is 366 g/mol. The summed E-state index contributed by atoms with van der Waals surface area (Å²) in [6.45, 7) is 7.64. The second kappa shape index (κ2) is 6.91. The Balaban J connectivity index is 2.35. The van der Waals surface area contributed by atoms with Gasteiger partial charge >= 0.3 is 5.97 Å². The van der Waals surface area contributed by atoms with Gasteiger partial charge in [-0.05, 0) is 28.1 Å². The van der Waals surface area contributed by atoms with Crippen LogP contribution in [0.25, 0.3) is 0 Å². The first kappa shape index (κ1) is 17.1. The molecule has 0 saturated heterocycles. The van der Waals surface area contributed by atoms with Gasteiger partial charge in [-0.2, -0.15) is 5.10 Å². The lowest BCUT2D eigenvalue weighted by Gasteiger charge is -2.36. The first-order chi connectivity index (χ1) is 10.3. The number of carbonyl (C=O) groups excluding carboxylic acids is 1. The molecule has 0 spiro atoms. The molecule has 2 unspecified atom stereocenters. The van der Waals surface area contributed by atoms with Crippen LogP contribution in [0.2, 0.25) is 0 Å².